The Morgan fingerprint density at radius 2 is 1.83 bits per heavy atom. The molecule has 0 aromatic rings. The molecule has 0 saturated heterocycles. The Balaban J connectivity index is 1.84. The Labute approximate surface area is 108 Å². The standard InChI is InChI=1S/C14H22N2O2/c1-9-12(7-8-13(9)17)16-11-5-3-10(4-6-11)14(18)15-2/h10-11,16H,3-8H2,1-2H3,(H,15,18)/t10-,11-. The van der Waals surface area contributed by atoms with Crippen LogP contribution in [0.15, 0.2) is 11.3 Å². The van der Waals surface area contributed by atoms with E-state index in [0.717, 1.165) is 43.4 Å². The fourth-order valence-corrected chi connectivity index (χ4v) is 2.91. The van der Waals surface area contributed by atoms with E-state index in [1.165, 1.54) is 0 Å². The van der Waals surface area contributed by atoms with Crippen LogP contribution in [0.5, 0.6) is 0 Å². The second kappa shape index (κ2) is 5.55. The average molecular weight is 250 g/mol. The lowest BCUT2D eigenvalue weighted by Gasteiger charge is -2.29. The number of ketones is 1. The van der Waals surface area contributed by atoms with Crippen LogP contribution in [-0.2, 0) is 9.59 Å². The first-order valence-electron chi connectivity index (χ1n) is 6.83. The number of allylic oxidation sites excluding steroid dienone is 2. The van der Waals surface area contributed by atoms with Crippen LogP contribution in [0, 0.1) is 5.92 Å². The summed E-state index contributed by atoms with van der Waals surface area (Å²) >= 11 is 0. The van der Waals surface area contributed by atoms with E-state index in [9.17, 15) is 9.59 Å². The van der Waals surface area contributed by atoms with Crippen molar-refractivity contribution in [1.82, 2.24) is 10.6 Å². The highest BCUT2D eigenvalue weighted by Crippen LogP contribution is 2.27. The molecule has 100 valence electrons. The number of hydrogen-bond donors (Lipinski definition) is 2. The molecule has 0 aromatic carbocycles. The maximum Gasteiger partial charge on any atom is 0.222 e. The number of carbonyl (C=O) groups is 2. The van der Waals surface area contributed by atoms with Crippen molar-refractivity contribution in [3.8, 4) is 0 Å². The third kappa shape index (κ3) is 2.74. The SMILES string of the molecule is CNC(=O)[C@H]1CC[C@H](NC2=C(C)C(=O)CC2)CC1. The molecule has 1 saturated carbocycles. The zero-order valence-corrected chi connectivity index (χ0v) is 11.2. The number of rotatable bonds is 3. The monoisotopic (exact) mass is 250 g/mol. The van der Waals surface area contributed by atoms with Gasteiger partial charge in [-0.3, -0.25) is 9.59 Å². The molecule has 0 aromatic heterocycles. The Morgan fingerprint density at radius 1 is 1.17 bits per heavy atom. The third-order valence-corrected chi connectivity index (χ3v) is 4.20. The zero-order chi connectivity index (χ0) is 13.1. The molecule has 4 heteroatoms. The van der Waals surface area contributed by atoms with E-state index in [4.69, 9.17) is 0 Å². The van der Waals surface area contributed by atoms with Crippen molar-refractivity contribution < 1.29 is 9.59 Å². The molecule has 0 bridgehead atoms. The van der Waals surface area contributed by atoms with E-state index in [1.807, 2.05) is 6.92 Å². The fraction of sp³-hybridized carbons (Fsp3) is 0.714. The predicted molar refractivity (Wildman–Crippen MR) is 69.9 cm³/mol. The normalized spacial score (nSPS) is 28.4. The quantitative estimate of drug-likeness (QED) is 0.798. The molecule has 2 aliphatic rings. The molecule has 0 heterocycles. The summed E-state index contributed by atoms with van der Waals surface area (Å²) in [6.07, 6.45) is 5.43. The maximum atomic E-state index is 11.5. The minimum Gasteiger partial charge on any atom is -0.385 e. The van der Waals surface area contributed by atoms with Crippen molar-refractivity contribution in [2.45, 2.75) is 51.5 Å². The lowest BCUT2D eigenvalue weighted by molar-refractivity contribution is -0.125. The molecule has 2 rings (SSSR count). The van der Waals surface area contributed by atoms with Gasteiger partial charge in [-0.05, 0) is 39.0 Å². The third-order valence-electron chi connectivity index (χ3n) is 4.20. The molecule has 0 radical (unpaired) electrons. The van der Waals surface area contributed by atoms with Crippen LogP contribution in [0.2, 0.25) is 0 Å². The lowest BCUT2D eigenvalue weighted by atomic mass is 9.85. The molecule has 18 heavy (non-hydrogen) atoms. The van der Waals surface area contributed by atoms with Crippen LogP contribution in [0.25, 0.3) is 0 Å². The average Bonchev–Trinajstić information content (AvgIpc) is 2.71. The highest BCUT2D eigenvalue weighted by Gasteiger charge is 2.27. The highest BCUT2D eigenvalue weighted by atomic mass is 16.1. The van der Waals surface area contributed by atoms with E-state index in [-0.39, 0.29) is 17.6 Å². The molecule has 0 unspecified atom stereocenters. The minimum absolute atomic E-state index is 0.167. The van der Waals surface area contributed by atoms with Gasteiger partial charge < -0.3 is 10.6 Å². The first kappa shape index (κ1) is 13.1. The van der Waals surface area contributed by atoms with Gasteiger partial charge in [0, 0.05) is 36.7 Å². The fourth-order valence-electron chi connectivity index (χ4n) is 2.91. The summed E-state index contributed by atoms with van der Waals surface area (Å²) in [5, 5.41) is 6.22. The highest BCUT2D eigenvalue weighted by molar-refractivity contribution is 5.97. The molecule has 0 aliphatic heterocycles. The first-order chi connectivity index (χ1) is 8.61. The summed E-state index contributed by atoms with van der Waals surface area (Å²) in [5.41, 5.74) is 2.03. The number of amides is 1. The molecule has 1 fully saturated rings. The van der Waals surface area contributed by atoms with E-state index in [2.05, 4.69) is 10.6 Å². The van der Waals surface area contributed by atoms with Crippen molar-refractivity contribution in [2.24, 2.45) is 5.92 Å². The summed E-state index contributed by atoms with van der Waals surface area (Å²) in [7, 11) is 1.70. The second-order valence-electron chi connectivity index (χ2n) is 5.33. The van der Waals surface area contributed by atoms with Gasteiger partial charge in [-0.25, -0.2) is 0 Å². The Kier molecular flexibility index (Phi) is 4.04. The van der Waals surface area contributed by atoms with Crippen molar-refractivity contribution in [3.63, 3.8) is 0 Å². The minimum atomic E-state index is 0.167. The number of nitrogens with one attached hydrogen (secondary N) is 2. The van der Waals surface area contributed by atoms with Crippen LogP contribution >= 0.6 is 0 Å². The van der Waals surface area contributed by atoms with Gasteiger partial charge >= 0.3 is 0 Å². The van der Waals surface area contributed by atoms with Gasteiger partial charge in [0.25, 0.3) is 0 Å². The zero-order valence-electron chi connectivity index (χ0n) is 11.2. The summed E-state index contributed by atoms with van der Waals surface area (Å²) in [6, 6.07) is 0.432. The molecule has 0 spiro atoms. The van der Waals surface area contributed by atoms with E-state index in [0.29, 0.717) is 12.5 Å². The van der Waals surface area contributed by atoms with Gasteiger partial charge in [0.2, 0.25) is 5.91 Å². The Morgan fingerprint density at radius 3 is 2.33 bits per heavy atom. The number of carbonyl (C=O) groups excluding carboxylic acids is 2. The van der Waals surface area contributed by atoms with Crippen LogP contribution in [0.4, 0.5) is 0 Å². The molecule has 2 N–H and O–H groups in total. The van der Waals surface area contributed by atoms with E-state index >= 15 is 0 Å². The van der Waals surface area contributed by atoms with Gasteiger partial charge in [0.05, 0.1) is 0 Å². The smallest absolute Gasteiger partial charge is 0.222 e. The van der Waals surface area contributed by atoms with E-state index in [1.54, 1.807) is 7.05 Å². The van der Waals surface area contributed by atoms with Crippen LogP contribution in [0.3, 0.4) is 0 Å². The summed E-state index contributed by atoms with van der Waals surface area (Å²) < 4.78 is 0. The second-order valence-corrected chi connectivity index (χ2v) is 5.33. The first-order valence-corrected chi connectivity index (χ1v) is 6.83. The largest absolute Gasteiger partial charge is 0.385 e. The molecular weight excluding hydrogens is 228 g/mol. The molecule has 1 amide bonds. The predicted octanol–water partition coefficient (Wildman–Crippen LogP) is 1.52. The summed E-state index contributed by atoms with van der Waals surface area (Å²) in [4.78, 5) is 23.0. The number of Topliss-reactive ketones (excluding diaryl/α,β-unsaturated/α-hetero) is 1. The summed E-state index contributed by atoms with van der Waals surface area (Å²) in [5.74, 6) is 0.616. The van der Waals surface area contributed by atoms with Gasteiger partial charge in [0.15, 0.2) is 5.78 Å². The molecule has 2 aliphatic carbocycles. The van der Waals surface area contributed by atoms with Crippen molar-refractivity contribution in [1.29, 1.82) is 0 Å². The van der Waals surface area contributed by atoms with E-state index < -0.39 is 0 Å². The Bertz CT molecular complexity index is 379. The number of hydrogen-bond acceptors (Lipinski definition) is 3. The van der Waals surface area contributed by atoms with Gasteiger partial charge in [0.1, 0.15) is 0 Å². The van der Waals surface area contributed by atoms with Gasteiger partial charge in [-0.15, -0.1) is 0 Å². The van der Waals surface area contributed by atoms with Crippen LogP contribution < -0.4 is 10.6 Å². The van der Waals surface area contributed by atoms with Crippen LogP contribution in [0.1, 0.15) is 45.4 Å². The maximum absolute atomic E-state index is 11.5. The van der Waals surface area contributed by atoms with Crippen molar-refractivity contribution in [2.75, 3.05) is 7.05 Å². The molecule has 0 atom stereocenters. The van der Waals surface area contributed by atoms with Gasteiger partial charge in [-0.1, -0.05) is 0 Å². The lowest BCUT2D eigenvalue weighted by Crippen LogP contribution is -2.37. The molecular formula is C14H22N2O2. The van der Waals surface area contributed by atoms with Crippen LogP contribution in [-0.4, -0.2) is 24.8 Å². The summed E-state index contributed by atoms with van der Waals surface area (Å²) in [6.45, 7) is 1.91. The molecule has 4 nitrogen and oxygen atoms in total. The van der Waals surface area contributed by atoms with Crippen molar-refractivity contribution >= 4 is 11.7 Å². The Hall–Kier alpha value is -1.32. The van der Waals surface area contributed by atoms with Crippen molar-refractivity contribution in [3.05, 3.63) is 11.3 Å². The van der Waals surface area contributed by atoms with Gasteiger partial charge in [-0.2, -0.15) is 0 Å². The topological polar surface area (TPSA) is 58.2 Å².